The van der Waals surface area contributed by atoms with Crippen molar-refractivity contribution in [1.29, 1.82) is 0 Å². The third kappa shape index (κ3) is 1.59. The van der Waals surface area contributed by atoms with Crippen LogP contribution in [-0.4, -0.2) is 5.78 Å². The first kappa shape index (κ1) is 12.5. The Balaban J connectivity index is 1.89. The molecular formula is C17H21NO. The Hall–Kier alpha value is -1.57. The molecule has 2 saturated carbocycles. The first-order valence-corrected chi connectivity index (χ1v) is 7.03. The fourth-order valence-electron chi connectivity index (χ4n) is 3.79. The molecule has 1 aromatic carbocycles. The van der Waals surface area contributed by atoms with Gasteiger partial charge in [0.05, 0.1) is 0 Å². The van der Waals surface area contributed by atoms with E-state index < -0.39 is 0 Å². The highest BCUT2D eigenvalue weighted by Crippen LogP contribution is 2.65. The van der Waals surface area contributed by atoms with E-state index in [2.05, 4.69) is 26.1 Å². The third-order valence-corrected chi connectivity index (χ3v) is 5.53. The van der Waals surface area contributed by atoms with E-state index in [-0.39, 0.29) is 10.8 Å². The molecule has 2 bridgehead atoms. The quantitative estimate of drug-likeness (QED) is 0.809. The fraction of sp³-hybridized carbons (Fsp3) is 0.471. The molecule has 2 aliphatic carbocycles. The van der Waals surface area contributed by atoms with Crippen LogP contribution in [0.5, 0.6) is 0 Å². The summed E-state index contributed by atoms with van der Waals surface area (Å²) in [6.45, 7) is 6.62. The predicted octanol–water partition coefficient (Wildman–Crippen LogP) is 4.01. The third-order valence-electron chi connectivity index (χ3n) is 5.53. The van der Waals surface area contributed by atoms with Gasteiger partial charge in [0.1, 0.15) is 0 Å². The van der Waals surface area contributed by atoms with Gasteiger partial charge >= 0.3 is 0 Å². The topological polar surface area (TPSA) is 29.1 Å². The molecule has 3 rings (SSSR count). The standard InChI is InChI=1S/C17H21NO/c1-16(2)14-9-10-17(16,3)15(19)13(14)11-18-12-7-5-4-6-8-12/h4-8,11,14,18H,9-10H2,1-3H3. The van der Waals surface area contributed by atoms with Crippen molar-refractivity contribution in [2.75, 3.05) is 5.32 Å². The number of rotatable bonds is 2. The maximum atomic E-state index is 12.6. The van der Waals surface area contributed by atoms with Crippen LogP contribution in [0.25, 0.3) is 0 Å². The molecule has 2 fully saturated rings. The molecule has 0 saturated heterocycles. The number of hydrogen-bond acceptors (Lipinski definition) is 2. The second-order valence-corrected chi connectivity index (χ2v) is 6.58. The number of hydrogen-bond donors (Lipinski definition) is 1. The van der Waals surface area contributed by atoms with Crippen LogP contribution in [0, 0.1) is 16.7 Å². The highest BCUT2D eigenvalue weighted by molar-refractivity contribution is 6.04. The first-order valence-electron chi connectivity index (χ1n) is 7.03. The molecule has 2 unspecified atom stereocenters. The van der Waals surface area contributed by atoms with Crippen molar-refractivity contribution in [1.82, 2.24) is 0 Å². The van der Waals surface area contributed by atoms with Crippen LogP contribution < -0.4 is 5.32 Å². The molecule has 0 aliphatic heterocycles. The molecule has 0 heterocycles. The summed E-state index contributed by atoms with van der Waals surface area (Å²) < 4.78 is 0. The van der Waals surface area contributed by atoms with E-state index in [1.54, 1.807) is 0 Å². The van der Waals surface area contributed by atoms with Gasteiger partial charge in [-0.3, -0.25) is 4.79 Å². The van der Waals surface area contributed by atoms with Crippen LogP contribution in [0.2, 0.25) is 0 Å². The van der Waals surface area contributed by atoms with Crippen molar-refractivity contribution in [3.8, 4) is 0 Å². The van der Waals surface area contributed by atoms with Gasteiger partial charge < -0.3 is 5.32 Å². The summed E-state index contributed by atoms with van der Waals surface area (Å²) in [6.07, 6.45) is 4.11. The van der Waals surface area contributed by atoms with Crippen LogP contribution in [0.4, 0.5) is 5.69 Å². The number of allylic oxidation sites excluding steroid dienone is 1. The minimum Gasteiger partial charge on any atom is -0.361 e. The van der Waals surface area contributed by atoms with E-state index in [1.807, 2.05) is 36.5 Å². The lowest BCUT2D eigenvalue weighted by Gasteiger charge is -2.31. The largest absolute Gasteiger partial charge is 0.361 e. The monoisotopic (exact) mass is 255 g/mol. The molecule has 1 N–H and O–H groups in total. The molecule has 2 atom stereocenters. The zero-order valence-corrected chi connectivity index (χ0v) is 11.9. The minimum atomic E-state index is -0.165. The van der Waals surface area contributed by atoms with Crippen molar-refractivity contribution < 1.29 is 4.79 Å². The summed E-state index contributed by atoms with van der Waals surface area (Å²) in [6, 6.07) is 10.0. The second-order valence-electron chi connectivity index (χ2n) is 6.58. The van der Waals surface area contributed by atoms with Gasteiger partial charge in [0, 0.05) is 22.9 Å². The molecule has 0 spiro atoms. The molecule has 2 nitrogen and oxygen atoms in total. The highest BCUT2D eigenvalue weighted by Gasteiger charge is 2.63. The smallest absolute Gasteiger partial charge is 0.167 e. The molecule has 2 heteroatoms. The summed E-state index contributed by atoms with van der Waals surface area (Å²) in [4.78, 5) is 12.6. The summed E-state index contributed by atoms with van der Waals surface area (Å²) in [5.41, 5.74) is 1.95. The zero-order valence-electron chi connectivity index (χ0n) is 11.9. The van der Waals surface area contributed by atoms with Crippen molar-refractivity contribution in [3.63, 3.8) is 0 Å². The Morgan fingerprint density at radius 3 is 2.47 bits per heavy atom. The summed E-state index contributed by atoms with van der Waals surface area (Å²) in [5, 5.41) is 3.27. The van der Waals surface area contributed by atoms with Gasteiger partial charge in [0.2, 0.25) is 0 Å². The number of nitrogens with one attached hydrogen (secondary N) is 1. The Labute approximate surface area is 114 Å². The maximum Gasteiger partial charge on any atom is 0.167 e. The number of benzene rings is 1. The minimum absolute atomic E-state index is 0.0916. The van der Waals surface area contributed by atoms with Crippen molar-refractivity contribution in [2.24, 2.45) is 16.7 Å². The summed E-state index contributed by atoms with van der Waals surface area (Å²) in [5.74, 6) is 0.749. The molecule has 19 heavy (non-hydrogen) atoms. The molecular weight excluding hydrogens is 234 g/mol. The lowest BCUT2D eigenvalue weighted by Crippen LogP contribution is -2.32. The van der Waals surface area contributed by atoms with Crippen LogP contribution >= 0.6 is 0 Å². The Morgan fingerprint density at radius 1 is 1.21 bits per heavy atom. The number of carbonyl (C=O) groups is 1. The zero-order chi connectivity index (χ0) is 13.7. The average molecular weight is 255 g/mol. The predicted molar refractivity (Wildman–Crippen MR) is 77.8 cm³/mol. The van der Waals surface area contributed by atoms with Crippen molar-refractivity contribution in [2.45, 2.75) is 33.6 Å². The Bertz CT molecular complexity index is 544. The van der Waals surface area contributed by atoms with Gasteiger partial charge in [0.25, 0.3) is 0 Å². The van der Waals surface area contributed by atoms with E-state index in [9.17, 15) is 4.79 Å². The Morgan fingerprint density at radius 2 is 1.89 bits per heavy atom. The lowest BCUT2D eigenvalue weighted by molar-refractivity contribution is -0.125. The number of carbonyl (C=O) groups excluding carboxylic acids is 1. The van der Waals surface area contributed by atoms with Crippen LogP contribution in [0.15, 0.2) is 42.1 Å². The number of Topliss-reactive ketones (excluding diaryl/α,β-unsaturated/α-hetero) is 1. The van der Waals surface area contributed by atoms with Gasteiger partial charge in [-0.2, -0.15) is 0 Å². The lowest BCUT2D eigenvalue weighted by atomic mass is 9.70. The van der Waals surface area contributed by atoms with E-state index in [1.165, 1.54) is 0 Å². The fourth-order valence-corrected chi connectivity index (χ4v) is 3.79. The van der Waals surface area contributed by atoms with E-state index >= 15 is 0 Å². The number of ketones is 1. The highest BCUT2D eigenvalue weighted by atomic mass is 16.1. The SMILES string of the molecule is CC12CCC(C(=CNc3ccccc3)C1=O)C2(C)C. The van der Waals surface area contributed by atoms with Gasteiger partial charge in [-0.25, -0.2) is 0 Å². The first-order chi connectivity index (χ1) is 8.97. The summed E-state index contributed by atoms with van der Waals surface area (Å²) >= 11 is 0. The number of anilines is 1. The molecule has 1 aromatic rings. The molecule has 0 aromatic heterocycles. The average Bonchev–Trinajstić information content (AvgIpc) is 2.70. The molecule has 0 amide bonds. The second kappa shape index (κ2) is 3.96. The van der Waals surface area contributed by atoms with Gasteiger partial charge in [-0.15, -0.1) is 0 Å². The number of para-hydroxylation sites is 1. The Kier molecular flexibility index (Phi) is 2.60. The molecule has 0 radical (unpaired) electrons. The van der Waals surface area contributed by atoms with E-state index in [4.69, 9.17) is 0 Å². The van der Waals surface area contributed by atoms with Crippen LogP contribution in [0.1, 0.15) is 33.6 Å². The van der Waals surface area contributed by atoms with Crippen molar-refractivity contribution in [3.05, 3.63) is 42.1 Å². The molecule has 2 aliphatic rings. The van der Waals surface area contributed by atoms with Gasteiger partial charge in [-0.05, 0) is 36.3 Å². The normalized spacial score (nSPS) is 33.9. The summed E-state index contributed by atoms with van der Waals surface area (Å²) in [7, 11) is 0. The number of fused-ring (bicyclic) bond motifs is 2. The van der Waals surface area contributed by atoms with Crippen molar-refractivity contribution >= 4 is 11.5 Å². The van der Waals surface area contributed by atoms with E-state index in [0.29, 0.717) is 11.7 Å². The van der Waals surface area contributed by atoms with Crippen LogP contribution in [-0.2, 0) is 4.79 Å². The van der Waals surface area contributed by atoms with Gasteiger partial charge in [-0.1, -0.05) is 39.0 Å². The van der Waals surface area contributed by atoms with Crippen LogP contribution in [0.3, 0.4) is 0 Å². The van der Waals surface area contributed by atoms with Gasteiger partial charge in [0.15, 0.2) is 5.78 Å². The molecule has 100 valence electrons. The maximum absolute atomic E-state index is 12.6. The van der Waals surface area contributed by atoms with E-state index in [0.717, 1.165) is 24.1 Å².